The third-order valence-corrected chi connectivity index (χ3v) is 3.57. The van der Waals surface area contributed by atoms with Crippen LogP contribution in [0.5, 0.6) is 0 Å². The molecule has 0 N–H and O–H groups in total. The third-order valence-electron chi connectivity index (χ3n) is 3.57. The molecule has 1 radical (unpaired) electrons. The molecule has 21 heavy (non-hydrogen) atoms. The highest BCUT2D eigenvalue weighted by molar-refractivity contribution is 5.66. The van der Waals surface area contributed by atoms with Gasteiger partial charge in [0.1, 0.15) is 5.65 Å². The fraction of sp³-hybridized carbons (Fsp3) is 0.222. The standard InChI is InChI=1S/C18H17N2O/c1-2-3-11-15-17(14-9-5-4-6-10-14)18(21)20-13-8-7-12-16(20)19-15/h4-5,7-10,12-13H,2-3,11H2,1H3. The highest BCUT2D eigenvalue weighted by Gasteiger charge is 2.13. The summed E-state index contributed by atoms with van der Waals surface area (Å²) in [5.41, 5.74) is 3.17. The van der Waals surface area contributed by atoms with E-state index in [2.05, 4.69) is 13.0 Å². The Morgan fingerprint density at radius 1 is 1.24 bits per heavy atom. The van der Waals surface area contributed by atoms with Gasteiger partial charge in [0, 0.05) is 6.20 Å². The molecule has 3 aromatic rings. The van der Waals surface area contributed by atoms with Crippen molar-refractivity contribution < 1.29 is 0 Å². The summed E-state index contributed by atoms with van der Waals surface area (Å²) in [5.74, 6) is 0. The van der Waals surface area contributed by atoms with E-state index >= 15 is 0 Å². The summed E-state index contributed by atoms with van der Waals surface area (Å²) in [7, 11) is 0. The van der Waals surface area contributed by atoms with Gasteiger partial charge in [-0.2, -0.15) is 0 Å². The van der Waals surface area contributed by atoms with E-state index in [1.54, 1.807) is 10.6 Å². The van der Waals surface area contributed by atoms with Crippen molar-refractivity contribution >= 4 is 5.65 Å². The average Bonchev–Trinajstić information content (AvgIpc) is 2.54. The van der Waals surface area contributed by atoms with Crippen LogP contribution in [0.4, 0.5) is 0 Å². The fourth-order valence-corrected chi connectivity index (χ4v) is 2.50. The lowest BCUT2D eigenvalue weighted by Gasteiger charge is -2.10. The van der Waals surface area contributed by atoms with Crippen LogP contribution in [0.3, 0.4) is 0 Å². The summed E-state index contributed by atoms with van der Waals surface area (Å²) >= 11 is 0. The topological polar surface area (TPSA) is 34.4 Å². The van der Waals surface area contributed by atoms with Crippen molar-refractivity contribution in [2.75, 3.05) is 0 Å². The van der Waals surface area contributed by atoms with Gasteiger partial charge in [-0.05, 0) is 42.7 Å². The molecular weight excluding hydrogens is 260 g/mol. The highest BCUT2D eigenvalue weighted by Crippen LogP contribution is 2.20. The van der Waals surface area contributed by atoms with E-state index in [-0.39, 0.29) is 5.56 Å². The molecule has 3 nitrogen and oxygen atoms in total. The van der Waals surface area contributed by atoms with Gasteiger partial charge in [-0.15, -0.1) is 0 Å². The summed E-state index contributed by atoms with van der Waals surface area (Å²) in [6.07, 6.45) is 4.70. The number of aryl methyl sites for hydroxylation is 1. The third kappa shape index (κ3) is 2.59. The Bertz CT molecular complexity index is 806. The van der Waals surface area contributed by atoms with E-state index in [1.165, 1.54) is 0 Å². The zero-order chi connectivity index (χ0) is 14.7. The molecule has 2 heterocycles. The fourth-order valence-electron chi connectivity index (χ4n) is 2.50. The molecule has 0 saturated carbocycles. The normalized spacial score (nSPS) is 10.9. The lowest BCUT2D eigenvalue weighted by Crippen LogP contribution is -2.19. The number of hydrogen-bond donors (Lipinski definition) is 0. The number of benzene rings is 1. The number of nitrogens with zero attached hydrogens (tertiary/aromatic N) is 2. The van der Waals surface area contributed by atoms with Gasteiger partial charge in [-0.3, -0.25) is 9.20 Å². The van der Waals surface area contributed by atoms with Crippen molar-refractivity contribution in [3.8, 4) is 11.1 Å². The average molecular weight is 277 g/mol. The first-order valence-corrected chi connectivity index (χ1v) is 7.28. The van der Waals surface area contributed by atoms with Crippen molar-refractivity contribution in [2.24, 2.45) is 0 Å². The Hall–Kier alpha value is -2.42. The minimum Gasteiger partial charge on any atom is -0.268 e. The van der Waals surface area contributed by atoms with Crippen molar-refractivity contribution in [2.45, 2.75) is 26.2 Å². The first-order chi connectivity index (χ1) is 10.3. The van der Waals surface area contributed by atoms with Crippen LogP contribution in [0.25, 0.3) is 16.8 Å². The second kappa shape index (κ2) is 5.92. The molecule has 105 valence electrons. The zero-order valence-electron chi connectivity index (χ0n) is 12.0. The van der Waals surface area contributed by atoms with Crippen molar-refractivity contribution in [1.29, 1.82) is 0 Å². The number of aromatic nitrogens is 2. The number of fused-ring (bicyclic) bond motifs is 1. The molecule has 1 aromatic carbocycles. The zero-order valence-corrected chi connectivity index (χ0v) is 12.0. The Kier molecular flexibility index (Phi) is 3.82. The number of rotatable bonds is 4. The molecule has 0 saturated heterocycles. The number of hydrogen-bond acceptors (Lipinski definition) is 2. The van der Waals surface area contributed by atoms with E-state index in [0.29, 0.717) is 11.2 Å². The van der Waals surface area contributed by atoms with Gasteiger partial charge in [-0.1, -0.05) is 37.6 Å². The summed E-state index contributed by atoms with van der Waals surface area (Å²) in [6.45, 7) is 2.14. The van der Waals surface area contributed by atoms with E-state index in [4.69, 9.17) is 4.98 Å². The van der Waals surface area contributed by atoms with Gasteiger partial charge in [0.05, 0.1) is 11.3 Å². The molecule has 0 unspecified atom stereocenters. The Morgan fingerprint density at radius 3 is 2.90 bits per heavy atom. The quantitative estimate of drug-likeness (QED) is 0.731. The van der Waals surface area contributed by atoms with Gasteiger partial charge < -0.3 is 0 Å². The smallest absolute Gasteiger partial charge is 0.265 e. The monoisotopic (exact) mass is 277 g/mol. The van der Waals surface area contributed by atoms with Gasteiger partial charge >= 0.3 is 0 Å². The molecule has 0 amide bonds. The van der Waals surface area contributed by atoms with Crippen LogP contribution >= 0.6 is 0 Å². The van der Waals surface area contributed by atoms with E-state index in [1.807, 2.05) is 42.5 Å². The maximum atomic E-state index is 12.8. The molecule has 3 rings (SSSR count). The van der Waals surface area contributed by atoms with Crippen LogP contribution in [0, 0.1) is 6.07 Å². The van der Waals surface area contributed by atoms with Crippen LogP contribution in [-0.4, -0.2) is 9.38 Å². The predicted molar refractivity (Wildman–Crippen MR) is 84.3 cm³/mol. The molecule has 0 fully saturated rings. The predicted octanol–water partition coefficient (Wildman–Crippen LogP) is 3.50. The number of pyridine rings is 1. The first-order valence-electron chi connectivity index (χ1n) is 7.28. The lowest BCUT2D eigenvalue weighted by atomic mass is 10.0. The second-order valence-electron chi connectivity index (χ2n) is 5.06. The minimum absolute atomic E-state index is 0.00805. The summed E-state index contributed by atoms with van der Waals surface area (Å²) in [6, 6.07) is 16.2. The van der Waals surface area contributed by atoms with Gasteiger partial charge in [0.2, 0.25) is 0 Å². The molecule has 0 atom stereocenters. The van der Waals surface area contributed by atoms with E-state index < -0.39 is 0 Å². The summed E-state index contributed by atoms with van der Waals surface area (Å²) in [5, 5.41) is 0. The van der Waals surface area contributed by atoms with Crippen molar-refractivity contribution in [3.63, 3.8) is 0 Å². The molecule has 0 bridgehead atoms. The van der Waals surface area contributed by atoms with Gasteiger partial charge in [0.25, 0.3) is 5.56 Å². The Morgan fingerprint density at radius 2 is 2.14 bits per heavy atom. The lowest BCUT2D eigenvalue weighted by molar-refractivity contribution is 0.774. The maximum Gasteiger partial charge on any atom is 0.265 e. The summed E-state index contributed by atoms with van der Waals surface area (Å²) in [4.78, 5) is 17.5. The van der Waals surface area contributed by atoms with E-state index in [0.717, 1.165) is 30.5 Å². The second-order valence-corrected chi connectivity index (χ2v) is 5.06. The maximum absolute atomic E-state index is 12.8. The highest BCUT2D eigenvalue weighted by atomic mass is 16.1. The largest absolute Gasteiger partial charge is 0.268 e. The van der Waals surface area contributed by atoms with Crippen LogP contribution in [0.1, 0.15) is 25.5 Å². The molecule has 0 aliphatic carbocycles. The molecule has 0 spiro atoms. The van der Waals surface area contributed by atoms with Crippen LogP contribution in [0.15, 0.2) is 53.5 Å². The van der Waals surface area contributed by atoms with Crippen LogP contribution in [-0.2, 0) is 6.42 Å². The molecule has 2 aromatic heterocycles. The molecule has 3 heteroatoms. The molecular formula is C18H17N2O. The number of unbranched alkanes of at least 4 members (excludes halogenated alkanes) is 1. The Balaban J connectivity index is 2.29. The first kappa shape index (κ1) is 13.6. The van der Waals surface area contributed by atoms with Gasteiger partial charge in [0.15, 0.2) is 0 Å². The summed E-state index contributed by atoms with van der Waals surface area (Å²) < 4.78 is 1.61. The minimum atomic E-state index is -0.00805. The van der Waals surface area contributed by atoms with Crippen LogP contribution in [0.2, 0.25) is 0 Å². The van der Waals surface area contributed by atoms with Crippen molar-refractivity contribution in [3.05, 3.63) is 70.8 Å². The molecule has 0 aliphatic heterocycles. The van der Waals surface area contributed by atoms with Crippen LogP contribution < -0.4 is 5.56 Å². The molecule has 0 aliphatic rings. The van der Waals surface area contributed by atoms with E-state index in [9.17, 15) is 4.79 Å². The Labute approximate surface area is 123 Å². The SMILES string of the molecule is CCCCc1nc2ccccn2c(=O)c1-c1c[c]ccc1. The van der Waals surface area contributed by atoms with Gasteiger partial charge in [-0.25, -0.2) is 4.98 Å². The van der Waals surface area contributed by atoms with Crippen molar-refractivity contribution in [1.82, 2.24) is 9.38 Å².